The minimum Gasteiger partial charge on any atom is -0.384 e. The molecule has 1 saturated carbocycles. The summed E-state index contributed by atoms with van der Waals surface area (Å²) in [5.74, 6) is 5.77. The van der Waals surface area contributed by atoms with Gasteiger partial charge in [0.2, 0.25) is 0 Å². The summed E-state index contributed by atoms with van der Waals surface area (Å²) in [6.45, 7) is 7.68. The third kappa shape index (κ3) is 3.22. The molecule has 1 heterocycles. The number of imidazole rings is 1. The summed E-state index contributed by atoms with van der Waals surface area (Å²) < 4.78 is 2.27. The number of nitrogens with two attached hydrogens (primary N) is 1. The van der Waals surface area contributed by atoms with E-state index in [0.29, 0.717) is 11.8 Å². The standard InChI is InChI=1S/C14H25N3S/c1-4-18-8-7-12-13(15)17(9-10(2)3)14(16-12)11-5-6-11/h10-11H,4-9,15H2,1-3H3. The second kappa shape index (κ2) is 6.00. The molecule has 0 atom stereocenters. The van der Waals surface area contributed by atoms with Gasteiger partial charge in [0, 0.05) is 18.9 Å². The monoisotopic (exact) mass is 267 g/mol. The van der Waals surface area contributed by atoms with Gasteiger partial charge in [-0.2, -0.15) is 11.8 Å². The predicted molar refractivity (Wildman–Crippen MR) is 80.2 cm³/mol. The highest BCUT2D eigenvalue weighted by Crippen LogP contribution is 2.41. The van der Waals surface area contributed by atoms with E-state index in [2.05, 4.69) is 25.3 Å². The number of aryl methyl sites for hydroxylation is 1. The van der Waals surface area contributed by atoms with Gasteiger partial charge in [-0.05, 0) is 30.3 Å². The van der Waals surface area contributed by atoms with Crippen molar-refractivity contribution in [3.05, 3.63) is 11.5 Å². The molecule has 0 bridgehead atoms. The Morgan fingerprint density at radius 1 is 1.44 bits per heavy atom. The van der Waals surface area contributed by atoms with Crippen molar-refractivity contribution in [1.29, 1.82) is 0 Å². The van der Waals surface area contributed by atoms with Crippen molar-refractivity contribution in [2.24, 2.45) is 5.92 Å². The van der Waals surface area contributed by atoms with Crippen molar-refractivity contribution in [3.63, 3.8) is 0 Å². The van der Waals surface area contributed by atoms with E-state index >= 15 is 0 Å². The molecule has 2 N–H and O–H groups in total. The molecule has 0 aromatic carbocycles. The minimum absolute atomic E-state index is 0.622. The second-order valence-corrected chi connectivity index (χ2v) is 6.92. The van der Waals surface area contributed by atoms with E-state index in [1.54, 1.807) is 0 Å². The number of hydrogen-bond acceptors (Lipinski definition) is 3. The predicted octanol–water partition coefficient (Wildman–Crippen LogP) is 3.29. The van der Waals surface area contributed by atoms with E-state index in [1.807, 2.05) is 11.8 Å². The van der Waals surface area contributed by atoms with Crippen molar-refractivity contribution in [3.8, 4) is 0 Å². The molecule has 1 aliphatic rings. The van der Waals surface area contributed by atoms with Gasteiger partial charge in [-0.3, -0.25) is 0 Å². The van der Waals surface area contributed by atoms with Gasteiger partial charge in [-0.15, -0.1) is 0 Å². The van der Waals surface area contributed by atoms with Crippen LogP contribution in [0.1, 0.15) is 51.0 Å². The third-order valence-corrected chi connectivity index (χ3v) is 4.19. The molecule has 0 spiro atoms. The maximum atomic E-state index is 6.29. The Hall–Kier alpha value is -0.640. The summed E-state index contributed by atoms with van der Waals surface area (Å²) in [6, 6.07) is 0. The van der Waals surface area contributed by atoms with Gasteiger partial charge in [0.05, 0.1) is 5.69 Å². The Morgan fingerprint density at radius 2 is 2.17 bits per heavy atom. The van der Waals surface area contributed by atoms with Crippen LogP contribution in [0.3, 0.4) is 0 Å². The lowest BCUT2D eigenvalue weighted by atomic mass is 10.2. The Balaban J connectivity index is 2.14. The molecule has 1 aliphatic carbocycles. The van der Waals surface area contributed by atoms with E-state index in [9.17, 15) is 0 Å². The van der Waals surface area contributed by atoms with E-state index in [4.69, 9.17) is 10.7 Å². The van der Waals surface area contributed by atoms with Gasteiger partial charge in [-0.25, -0.2) is 4.98 Å². The van der Waals surface area contributed by atoms with Gasteiger partial charge in [-0.1, -0.05) is 20.8 Å². The number of nitrogens with zero attached hydrogens (tertiary/aromatic N) is 2. The molecule has 0 radical (unpaired) electrons. The maximum Gasteiger partial charge on any atom is 0.126 e. The zero-order chi connectivity index (χ0) is 13.1. The van der Waals surface area contributed by atoms with Crippen LogP contribution >= 0.6 is 11.8 Å². The zero-order valence-corrected chi connectivity index (χ0v) is 12.6. The fourth-order valence-corrected chi connectivity index (χ4v) is 2.87. The van der Waals surface area contributed by atoms with Crippen LogP contribution in [-0.4, -0.2) is 21.1 Å². The highest BCUT2D eigenvalue weighted by molar-refractivity contribution is 7.99. The van der Waals surface area contributed by atoms with E-state index in [-0.39, 0.29) is 0 Å². The van der Waals surface area contributed by atoms with E-state index < -0.39 is 0 Å². The van der Waals surface area contributed by atoms with Crippen molar-refractivity contribution in [1.82, 2.24) is 9.55 Å². The van der Waals surface area contributed by atoms with E-state index in [1.165, 1.54) is 24.4 Å². The molecular formula is C14H25N3S. The first-order chi connectivity index (χ1) is 8.63. The van der Waals surface area contributed by atoms with Gasteiger partial charge < -0.3 is 10.3 Å². The van der Waals surface area contributed by atoms with Crippen LogP contribution in [0, 0.1) is 5.92 Å². The molecule has 0 aliphatic heterocycles. The van der Waals surface area contributed by atoms with Gasteiger partial charge in [0.1, 0.15) is 11.6 Å². The lowest BCUT2D eigenvalue weighted by Crippen LogP contribution is -2.11. The third-order valence-electron chi connectivity index (χ3n) is 3.29. The van der Waals surface area contributed by atoms with Crippen molar-refractivity contribution >= 4 is 17.6 Å². The first-order valence-corrected chi connectivity index (χ1v) is 8.21. The number of aromatic nitrogens is 2. The number of anilines is 1. The van der Waals surface area contributed by atoms with Crippen LogP contribution in [-0.2, 0) is 13.0 Å². The van der Waals surface area contributed by atoms with Crippen LogP contribution < -0.4 is 5.73 Å². The molecule has 2 rings (SSSR count). The number of hydrogen-bond donors (Lipinski definition) is 1. The molecule has 1 aromatic rings. The van der Waals surface area contributed by atoms with E-state index in [0.717, 1.165) is 30.2 Å². The van der Waals surface area contributed by atoms with Gasteiger partial charge in [0.25, 0.3) is 0 Å². The maximum absolute atomic E-state index is 6.29. The summed E-state index contributed by atoms with van der Waals surface area (Å²) in [7, 11) is 0. The summed E-state index contributed by atoms with van der Waals surface area (Å²) in [5, 5.41) is 0. The lowest BCUT2D eigenvalue weighted by molar-refractivity contribution is 0.512. The van der Waals surface area contributed by atoms with Crippen LogP contribution in [0.5, 0.6) is 0 Å². The van der Waals surface area contributed by atoms with Crippen molar-refractivity contribution in [2.75, 3.05) is 17.2 Å². The average molecular weight is 267 g/mol. The molecule has 102 valence electrons. The van der Waals surface area contributed by atoms with Gasteiger partial charge in [0.15, 0.2) is 0 Å². The van der Waals surface area contributed by atoms with Crippen molar-refractivity contribution in [2.45, 2.75) is 52.5 Å². The Kier molecular flexibility index (Phi) is 4.60. The smallest absolute Gasteiger partial charge is 0.126 e. The molecule has 4 heteroatoms. The number of rotatable bonds is 7. The van der Waals surface area contributed by atoms with Crippen LogP contribution in [0.25, 0.3) is 0 Å². The number of nitrogen functional groups attached to an aromatic ring is 1. The first kappa shape index (κ1) is 13.8. The molecule has 0 unspecified atom stereocenters. The topological polar surface area (TPSA) is 43.8 Å². The summed E-state index contributed by atoms with van der Waals surface area (Å²) in [6.07, 6.45) is 3.59. The normalized spacial score (nSPS) is 15.6. The highest BCUT2D eigenvalue weighted by Gasteiger charge is 2.30. The SMILES string of the molecule is CCSCCc1nc(C2CC2)n(CC(C)C)c1N. The molecule has 0 amide bonds. The lowest BCUT2D eigenvalue weighted by Gasteiger charge is -2.11. The highest BCUT2D eigenvalue weighted by atomic mass is 32.2. The first-order valence-electron chi connectivity index (χ1n) is 7.06. The Bertz CT molecular complexity index is 394. The molecule has 0 saturated heterocycles. The second-order valence-electron chi connectivity index (χ2n) is 5.53. The number of thioether (sulfide) groups is 1. The summed E-state index contributed by atoms with van der Waals surface area (Å²) in [4.78, 5) is 4.82. The Labute approximate surface area is 115 Å². The zero-order valence-electron chi connectivity index (χ0n) is 11.8. The fraction of sp³-hybridized carbons (Fsp3) is 0.786. The summed E-state index contributed by atoms with van der Waals surface area (Å²) >= 11 is 1.96. The molecule has 18 heavy (non-hydrogen) atoms. The Morgan fingerprint density at radius 3 is 2.72 bits per heavy atom. The van der Waals surface area contributed by atoms with Crippen LogP contribution in [0.4, 0.5) is 5.82 Å². The van der Waals surface area contributed by atoms with Crippen LogP contribution in [0.2, 0.25) is 0 Å². The quantitative estimate of drug-likeness (QED) is 0.771. The molecular weight excluding hydrogens is 242 g/mol. The molecule has 3 nitrogen and oxygen atoms in total. The molecule has 1 fully saturated rings. The van der Waals surface area contributed by atoms with Crippen molar-refractivity contribution < 1.29 is 0 Å². The minimum atomic E-state index is 0.622. The van der Waals surface area contributed by atoms with Crippen LogP contribution in [0.15, 0.2) is 0 Å². The molecule has 1 aromatic heterocycles. The largest absolute Gasteiger partial charge is 0.384 e. The van der Waals surface area contributed by atoms with Gasteiger partial charge >= 0.3 is 0 Å². The average Bonchev–Trinajstić information content (AvgIpc) is 3.10. The summed E-state index contributed by atoms with van der Waals surface area (Å²) in [5.41, 5.74) is 7.42. The fourth-order valence-electron chi connectivity index (χ4n) is 2.24.